The highest BCUT2D eigenvalue weighted by molar-refractivity contribution is 5.88. The Hall–Kier alpha value is -3.56. The van der Waals surface area contributed by atoms with Crippen LogP contribution in [-0.4, -0.2) is 51.7 Å². The number of carboxylic acids is 2. The summed E-state index contributed by atoms with van der Waals surface area (Å²) in [5.74, 6) is 0.831. The van der Waals surface area contributed by atoms with Gasteiger partial charge in [0.25, 0.3) is 5.97 Å². The molecule has 1 aliphatic heterocycles. The fraction of sp³-hybridized carbons (Fsp3) is 0.333. The van der Waals surface area contributed by atoms with Crippen molar-refractivity contribution in [2.24, 2.45) is 0 Å². The van der Waals surface area contributed by atoms with Crippen LogP contribution in [0.15, 0.2) is 30.6 Å². The van der Waals surface area contributed by atoms with E-state index in [4.69, 9.17) is 9.90 Å². The van der Waals surface area contributed by atoms with Crippen molar-refractivity contribution in [2.45, 2.75) is 39.2 Å². The van der Waals surface area contributed by atoms with E-state index in [1.165, 1.54) is 0 Å². The number of rotatable bonds is 3. The number of aliphatic carboxylic acids is 1. The lowest BCUT2D eigenvalue weighted by molar-refractivity contribution is -0.134. The molecule has 0 radical (unpaired) electrons. The first kappa shape index (κ1) is 19.2. The third-order valence-electron chi connectivity index (χ3n) is 4.25. The van der Waals surface area contributed by atoms with Crippen LogP contribution in [0, 0.1) is 6.92 Å². The van der Waals surface area contributed by atoms with Crippen LogP contribution in [0.2, 0.25) is 0 Å². The summed E-state index contributed by atoms with van der Waals surface area (Å²) in [6.45, 7) is 3.72. The second-order valence-electron chi connectivity index (χ2n) is 6.39. The zero-order chi connectivity index (χ0) is 20.3. The van der Waals surface area contributed by atoms with Gasteiger partial charge in [-0.05, 0) is 31.5 Å². The Morgan fingerprint density at radius 1 is 1.25 bits per heavy atom. The number of aromatic nitrogens is 6. The van der Waals surface area contributed by atoms with E-state index in [9.17, 15) is 9.90 Å². The predicted octanol–water partition coefficient (Wildman–Crippen LogP) is 1.69. The minimum atomic E-state index is -0.957. The second-order valence-corrected chi connectivity index (χ2v) is 6.39. The summed E-state index contributed by atoms with van der Waals surface area (Å²) < 4.78 is 3.66. The van der Waals surface area contributed by atoms with Crippen LogP contribution >= 0.6 is 0 Å². The second kappa shape index (κ2) is 7.99. The lowest BCUT2D eigenvalue weighted by atomic mass is 9.97. The Morgan fingerprint density at radius 3 is 2.71 bits per heavy atom. The fourth-order valence-electron chi connectivity index (χ4n) is 3.11. The SMILES string of the molecule is CC(=O)O.Cc1nc(C2CCn3ncnc3C2)n(-c2cccc(C(=O)O)c2)n1. The molecule has 146 valence electrons. The van der Waals surface area contributed by atoms with E-state index >= 15 is 0 Å². The molecule has 0 amide bonds. The summed E-state index contributed by atoms with van der Waals surface area (Å²) in [5, 5.41) is 25.3. The molecule has 0 saturated carbocycles. The smallest absolute Gasteiger partial charge is 0.335 e. The Kier molecular flexibility index (Phi) is 5.48. The molecular weight excluding hydrogens is 364 g/mol. The molecule has 1 atom stereocenters. The highest BCUT2D eigenvalue weighted by Gasteiger charge is 2.26. The van der Waals surface area contributed by atoms with Gasteiger partial charge in [0.1, 0.15) is 23.8 Å². The van der Waals surface area contributed by atoms with Gasteiger partial charge in [-0.3, -0.25) is 9.48 Å². The average Bonchev–Trinajstić information content (AvgIpc) is 3.27. The van der Waals surface area contributed by atoms with Crippen LogP contribution < -0.4 is 0 Å². The van der Waals surface area contributed by atoms with E-state index in [-0.39, 0.29) is 11.5 Å². The maximum Gasteiger partial charge on any atom is 0.335 e. The topological polar surface area (TPSA) is 136 Å². The maximum atomic E-state index is 11.2. The van der Waals surface area contributed by atoms with Gasteiger partial charge in [-0.25, -0.2) is 19.4 Å². The van der Waals surface area contributed by atoms with Crippen LogP contribution in [0.1, 0.15) is 47.1 Å². The first-order chi connectivity index (χ1) is 13.3. The van der Waals surface area contributed by atoms with Gasteiger partial charge in [-0.2, -0.15) is 10.2 Å². The monoisotopic (exact) mass is 384 g/mol. The third-order valence-corrected chi connectivity index (χ3v) is 4.25. The molecule has 0 aliphatic carbocycles. The highest BCUT2D eigenvalue weighted by atomic mass is 16.4. The summed E-state index contributed by atoms with van der Waals surface area (Å²) in [7, 11) is 0. The quantitative estimate of drug-likeness (QED) is 0.696. The number of aryl methyl sites for hydroxylation is 2. The molecule has 0 spiro atoms. The minimum Gasteiger partial charge on any atom is -0.481 e. The maximum absolute atomic E-state index is 11.2. The van der Waals surface area contributed by atoms with Crippen molar-refractivity contribution in [2.75, 3.05) is 0 Å². The molecule has 0 fully saturated rings. The van der Waals surface area contributed by atoms with Gasteiger partial charge in [0.05, 0.1) is 11.3 Å². The van der Waals surface area contributed by atoms with Gasteiger partial charge >= 0.3 is 5.97 Å². The molecule has 0 saturated heterocycles. The van der Waals surface area contributed by atoms with E-state index in [0.29, 0.717) is 11.5 Å². The summed E-state index contributed by atoms with van der Waals surface area (Å²) >= 11 is 0. The van der Waals surface area contributed by atoms with Crippen LogP contribution in [-0.2, 0) is 17.8 Å². The van der Waals surface area contributed by atoms with E-state index in [1.54, 1.807) is 29.2 Å². The molecule has 1 unspecified atom stereocenters. The van der Waals surface area contributed by atoms with Crippen LogP contribution in [0.5, 0.6) is 0 Å². The molecule has 4 rings (SSSR count). The number of carboxylic acid groups (broad SMARTS) is 2. The highest BCUT2D eigenvalue weighted by Crippen LogP contribution is 2.28. The summed E-state index contributed by atoms with van der Waals surface area (Å²) in [4.78, 5) is 29.1. The Bertz CT molecular complexity index is 1010. The van der Waals surface area contributed by atoms with Crippen LogP contribution in [0.4, 0.5) is 0 Å². The fourth-order valence-corrected chi connectivity index (χ4v) is 3.11. The van der Waals surface area contributed by atoms with Crippen molar-refractivity contribution in [3.8, 4) is 5.69 Å². The Morgan fingerprint density at radius 2 is 2.00 bits per heavy atom. The van der Waals surface area contributed by atoms with Crippen molar-refractivity contribution >= 4 is 11.9 Å². The molecule has 0 bridgehead atoms. The van der Waals surface area contributed by atoms with Gasteiger partial charge in [-0.1, -0.05) is 6.07 Å². The molecule has 1 aliphatic rings. The first-order valence-corrected chi connectivity index (χ1v) is 8.68. The molecule has 1 aromatic carbocycles. The van der Waals surface area contributed by atoms with Crippen LogP contribution in [0.25, 0.3) is 5.69 Å². The number of carbonyl (C=O) groups is 2. The lowest BCUT2D eigenvalue weighted by Gasteiger charge is -2.22. The summed E-state index contributed by atoms with van der Waals surface area (Å²) in [6.07, 6.45) is 3.22. The number of aromatic carboxylic acids is 1. The largest absolute Gasteiger partial charge is 0.481 e. The molecule has 2 aromatic heterocycles. The zero-order valence-corrected chi connectivity index (χ0v) is 15.5. The van der Waals surface area contributed by atoms with Crippen molar-refractivity contribution < 1.29 is 19.8 Å². The van der Waals surface area contributed by atoms with Gasteiger partial charge in [0.15, 0.2) is 0 Å². The van der Waals surface area contributed by atoms with Crippen molar-refractivity contribution in [1.82, 2.24) is 29.5 Å². The number of hydrogen-bond donors (Lipinski definition) is 2. The van der Waals surface area contributed by atoms with Gasteiger partial charge < -0.3 is 10.2 Å². The number of hydrogen-bond acceptors (Lipinski definition) is 6. The zero-order valence-electron chi connectivity index (χ0n) is 15.5. The first-order valence-electron chi connectivity index (χ1n) is 8.68. The van der Waals surface area contributed by atoms with Crippen LogP contribution in [0.3, 0.4) is 0 Å². The van der Waals surface area contributed by atoms with E-state index in [1.807, 2.05) is 17.7 Å². The Balaban J connectivity index is 0.000000516. The molecule has 3 heterocycles. The molecule has 10 heteroatoms. The Labute approximate surface area is 160 Å². The normalized spacial score (nSPS) is 15.3. The van der Waals surface area contributed by atoms with Gasteiger partial charge in [0.2, 0.25) is 0 Å². The number of nitrogens with zero attached hydrogens (tertiary/aromatic N) is 6. The van der Waals surface area contributed by atoms with E-state index in [0.717, 1.165) is 38.0 Å². The predicted molar refractivity (Wildman–Crippen MR) is 97.4 cm³/mol. The van der Waals surface area contributed by atoms with Gasteiger partial charge in [0, 0.05) is 25.8 Å². The van der Waals surface area contributed by atoms with Crippen molar-refractivity contribution in [3.05, 3.63) is 53.6 Å². The van der Waals surface area contributed by atoms with Gasteiger partial charge in [-0.15, -0.1) is 0 Å². The van der Waals surface area contributed by atoms with Crippen molar-refractivity contribution in [1.29, 1.82) is 0 Å². The molecule has 28 heavy (non-hydrogen) atoms. The number of fused-ring (bicyclic) bond motifs is 1. The third kappa shape index (κ3) is 4.22. The molecule has 3 aromatic rings. The minimum absolute atomic E-state index is 0.177. The molecule has 2 N–H and O–H groups in total. The summed E-state index contributed by atoms with van der Waals surface area (Å²) in [6, 6.07) is 6.75. The average molecular weight is 384 g/mol. The van der Waals surface area contributed by atoms with Crippen molar-refractivity contribution in [3.63, 3.8) is 0 Å². The lowest BCUT2D eigenvalue weighted by Crippen LogP contribution is -2.22. The summed E-state index contributed by atoms with van der Waals surface area (Å²) in [5.41, 5.74) is 0.938. The van der Waals surface area contributed by atoms with E-state index < -0.39 is 11.9 Å². The number of benzene rings is 1. The molecular formula is C18H20N6O4. The van der Waals surface area contributed by atoms with E-state index in [2.05, 4.69) is 20.2 Å². The standard InChI is InChI=1S/C16H16N6O2.C2H4O2/c1-10-19-15(11-5-6-21-14(8-11)17-9-18-21)22(20-10)13-4-2-3-12(7-13)16(23)24;1-2(3)4/h2-4,7,9,11H,5-6,8H2,1H3,(H,23,24);1H3,(H,3,4). The molecule has 10 nitrogen and oxygen atoms in total.